The SMILES string of the molecule is COc1cccc(CCNc2ccc(N3C(=O)C[C@H](C)C3=O)cc2[N+](=O)[O-])c1. The van der Waals surface area contributed by atoms with Gasteiger partial charge in [-0.05, 0) is 36.2 Å². The van der Waals surface area contributed by atoms with Gasteiger partial charge in [-0.2, -0.15) is 0 Å². The number of imide groups is 1. The molecule has 0 radical (unpaired) electrons. The number of nitro groups is 1. The Bertz CT molecular complexity index is 928. The van der Waals surface area contributed by atoms with Crippen molar-refractivity contribution < 1.29 is 19.2 Å². The van der Waals surface area contributed by atoms with E-state index in [0.717, 1.165) is 16.2 Å². The molecule has 2 aromatic rings. The molecule has 8 nitrogen and oxygen atoms in total. The summed E-state index contributed by atoms with van der Waals surface area (Å²) < 4.78 is 5.19. The lowest BCUT2D eigenvalue weighted by atomic mass is 10.1. The van der Waals surface area contributed by atoms with E-state index in [1.807, 2.05) is 24.3 Å². The highest BCUT2D eigenvalue weighted by molar-refractivity contribution is 6.21. The molecule has 2 aromatic carbocycles. The first-order valence-electron chi connectivity index (χ1n) is 8.92. The fourth-order valence-electron chi connectivity index (χ4n) is 3.18. The molecule has 1 aliphatic heterocycles. The van der Waals surface area contributed by atoms with Gasteiger partial charge in [-0.15, -0.1) is 0 Å². The number of hydrogen-bond donors (Lipinski definition) is 1. The Labute approximate surface area is 162 Å². The number of amides is 2. The van der Waals surface area contributed by atoms with Crippen LogP contribution in [0.15, 0.2) is 42.5 Å². The Morgan fingerprint density at radius 1 is 1.25 bits per heavy atom. The van der Waals surface area contributed by atoms with Gasteiger partial charge in [-0.3, -0.25) is 24.6 Å². The first-order valence-corrected chi connectivity index (χ1v) is 8.92. The standard InChI is InChI=1S/C20H21N3O5/c1-13-10-19(24)22(20(13)25)15-6-7-17(18(12-15)23(26)27)21-9-8-14-4-3-5-16(11-14)28-2/h3-7,11-13,21H,8-10H2,1-2H3/t13-/m0/s1. The zero-order valence-corrected chi connectivity index (χ0v) is 15.7. The fraction of sp³-hybridized carbons (Fsp3) is 0.300. The molecule has 0 unspecified atom stereocenters. The summed E-state index contributed by atoms with van der Waals surface area (Å²) >= 11 is 0. The normalized spacial score (nSPS) is 16.4. The third kappa shape index (κ3) is 3.95. The lowest BCUT2D eigenvalue weighted by Gasteiger charge is -2.15. The van der Waals surface area contributed by atoms with Gasteiger partial charge < -0.3 is 10.1 Å². The zero-order chi connectivity index (χ0) is 20.3. The Kier molecular flexibility index (Phi) is 5.58. The van der Waals surface area contributed by atoms with E-state index in [1.54, 1.807) is 20.1 Å². The largest absolute Gasteiger partial charge is 0.497 e. The topological polar surface area (TPSA) is 102 Å². The van der Waals surface area contributed by atoms with Gasteiger partial charge in [0.1, 0.15) is 11.4 Å². The zero-order valence-electron chi connectivity index (χ0n) is 15.7. The maximum atomic E-state index is 12.2. The van der Waals surface area contributed by atoms with Crippen LogP contribution in [0.4, 0.5) is 17.1 Å². The molecule has 0 aromatic heterocycles. The van der Waals surface area contributed by atoms with E-state index in [2.05, 4.69) is 5.32 Å². The van der Waals surface area contributed by atoms with E-state index in [-0.39, 0.29) is 29.6 Å². The van der Waals surface area contributed by atoms with E-state index in [4.69, 9.17) is 4.74 Å². The summed E-state index contributed by atoms with van der Waals surface area (Å²) in [5, 5.41) is 14.6. The molecule has 1 aliphatic rings. The lowest BCUT2D eigenvalue weighted by molar-refractivity contribution is -0.383. The maximum Gasteiger partial charge on any atom is 0.294 e. The summed E-state index contributed by atoms with van der Waals surface area (Å²) in [5.74, 6) is -0.335. The quantitative estimate of drug-likeness (QED) is 0.448. The van der Waals surface area contributed by atoms with Gasteiger partial charge in [0, 0.05) is 24.9 Å². The Hall–Kier alpha value is -3.42. The number of ether oxygens (including phenoxy) is 1. The van der Waals surface area contributed by atoms with Crippen molar-refractivity contribution in [1.29, 1.82) is 0 Å². The molecule has 1 N–H and O–H groups in total. The van der Waals surface area contributed by atoms with E-state index in [0.29, 0.717) is 18.7 Å². The van der Waals surface area contributed by atoms with Crippen LogP contribution in [-0.4, -0.2) is 30.4 Å². The third-order valence-corrected chi connectivity index (χ3v) is 4.67. The third-order valence-electron chi connectivity index (χ3n) is 4.67. The Morgan fingerprint density at radius 2 is 2.04 bits per heavy atom. The van der Waals surface area contributed by atoms with Crippen molar-refractivity contribution in [2.75, 3.05) is 23.9 Å². The van der Waals surface area contributed by atoms with E-state index < -0.39 is 10.8 Å². The van der Waals surface area contributed by atoms with Crippen molar-refractivity contribution in [3.63, 3.8) is 0 Å². The van der Waals surface area contributed by atoms with Crippen LogP contribution in [0.1, 0.15) is 18.9 Å². The number of nitrogens with one attached hydrogen (secondary N) is 1. The number of anilines is 2. The highest BCUT2D eigenvalue weighted by Crippen LogP contribution is 2.33. The van der Waals surface area contributed by atoms with Crippen molar-refractivity contribution in [2.24, 2.45) is 5.92 Å². The maximum absolute atomic E-state index is 12.2. The minimum Gasteiger partial charge on any atom is -0.497 e. The van der Waals surface area contributed by atoms with Crippen LogP contribution >= 0.6 is 0 Å². The number of nitrogens with zero attached hydrogens (tertiary/aromatic N) is 2. The molecule has 0 spiro atoms. The lowest BCUT2D eigenvalue weighted by Crippen LogP contribution is -2.30. The number of rotatable bonds is 7. The van der Waals surface area contributed by atoms with Crippen LogP contribution in [0.25, 0.3) is 0 Å². The summed E-state index contributed by atoms with van der Waals surface area (Å²) in [4.78, 5) is 36.2. The molecule has 0 saturated carbocycles. The molecule has 8 heteroatoms. The number of methoxy groups -OCH3 is 1. The predicted molar refractivity (Wildman–Crippen MR) is 105 cm³/mol. The van der Waals surface area contributed by atoms with Crippen LogP contribution in [0, 0.1) is 16.0 Å². The number of benzene rings is 2. The molecular formula is C20H21N3O5. The molecule has 28 heavy (non-hydrogen) atoms. The second-order valence-corrected chi connectivity index (χ2v) is 6.66. The van der Waals surface area contributed by atoms with Crippen molar-refractivity contribution in [2.45, 2.75) is 19.8 Å². The van der Waals surface area contributed by atoms with E-state index in [1.165, 1.54) is 12.1 Å². The average Bonchev–Trinajstić information content (AvgIpc) is 2.94. The first-order chi connectivity index (χ1) is 13.4. The molecule has 2 amide bonds. The van der Waals surface area contributed by atoms with Gasteiger partial charge in [-0.25, -0.2) is 0 Å². The fourth-order valence-corrected chi connectivity index (χ4v) is 3.18. The molecule has 146 valence electrons. The van der Waals surface area contributed by atoms with Gasteiger partial charge in [-0.1, -0.05) is 19.1 Å². The average molecular weight is 383 g/mol. The second kappa shape index (κ2) is 8.08. The first kappa shape index (κ1) is 19.3. The van der Waals surface area contributed by atoms with Gasteiger partial charge in [0.15, 0.2) is 0 Å². The van der Waals surface area contributed by atoms with Gasteiger partial charge in [0.05, 0.1) is 17.7 Å². The molecule has 0 aliphatic carbocycles. The molecule has 3 rings (SSSR count). The summed E-state index contributed by atoms with van der Waals surface area (Å²) in [6, 6.07) is 11.9. The monoisotopic (exact) mass is 383 g/mol. The predicted octanol–water partition coefficient (Wildman–Crippen LogP) is 3.16. The number of nitro benzene ring substituents is 1. The molecule has 0 bridgehead atoms. The van der Waals surface area contributed by atoms with Gasteiger partial charge in [0.2, 0.25) is 11.8 Å². The number of hydrogen-bond acceptors (Lipinski definition) is 6. The number of carbonyl (C=O) groups is 2. The molecular weight excluding hydrogens is 362 g/mol. The highest BCUT2D eigenvalue weighted by atomic mass is 16.6. The summed E-state index contributed by atoms with van der Waals surface area (Å²) in [7, 11) is 1.60. The Morgan fingerprint density at radius 3 is 2.68 bits per heavy atom. The minimum atomic E-state index is -0.522. The number of carbonyl (C=O) groups excluding carboxylic acids is 2. The second-order valence-electron chi connectivity index (χ2n) is 6.66. The molecule has 1 heterocycles. The van der Waals surface area contributed by atoms with Crippen molar-refractivity contribution >= 4 is 28.9 Å². The van der Waals surface area contributed by atoms with Crippen molar-refractivity contribution in [1.82, 2.24) is 0 Å². The summed E-state index contributed by atoms with van der Waals surface area (Å²) in [6.07, 6.45) is 0.768. The van der Waals surface area contributed by atoms with E-state index in [9.17, 15) is 19.7 Å². The van der Waals surface area contributed by atoms with Crippen LogP contribution in [-0.2, 0) is 16.0 Å². The van der Waals surface area contributed by atoms with E-state index >= 15 is 0 Å². The summed E-state index contributed by atoms with van der Waals surface area (Å²) in [6.45, 7) is 2.15. The van der Waals surface area contributed by atoms with Crippen molar-refractivity contribution in [3.05, 3.63) is 58.1 Å². The minimum absolute atomic E-state index is 0.118. The molecule has 1 atom stereocenters. The Balaban J connectivity index is 1.75. The molecule has 1 fully saturated rings. The van der Waals surface area contributed by atoms with Crippen molar-refractivity contribution in [3.8, 4) is 5.75 Å². The van der Waals surface area contributed by atoms with Gasteiger partial charge in [0.25, 0.3) is 5.69 Å². The van der Waals surface area contributed by atoms with Crippen LogP contribution in [0.2, 0.25) is 0 Å². The summed E-state index contributed by atoms with van der Waals surface area (Å²) in [5.41, 5.74) is 1.42. The van der Waals surface area contributed by atoms with Gasteiger partial charge >= 0.3 is 0 Å². The van der Waals surface area contributed by atoms with Crippen LogP contribution in [0.3, 0.4) is 0 Å². The van der Waals surface area contributed by atoms with Crippen LogP contribution in [0.5, 0.6) is 5.75 Å². The highest BCUT2D eigenvalue weighted by Gasteiger charge is 2.37. The van der Waals surface area contributed by atoms with Crippen LogP contribution < -0.4 is 15.0 Å². The molecule has 1 saturated heterocycles. The smallest absolute Gasteiger partial charge is 0.294 e.